The van der Waals surface area contributed by atoms with E-state index in [0.717, 1.165) is 24.3 Å². The highest BCUT2D eigenvalue weighted by Gasteiger charge is 2.42. The summed E-state index contributed by atoms with van der Waals surface area (Å²) in [5, 5.41) is 10.9. The van der Waals surface area contributed by atoms with Crippen LogP contribution in [0.3, 0.4) is 0 Å². The lowest BCUT2D eigenvalue weighted by Gasteiger charge is -2.25. The first-order valence-electron chi connectivity index (χ1n) is 5.48. The van der Waals surface area contributed by atoms with E-state index in [4.69, 9.17) is 23.2 Å². The molecule has 8 heteroatoms. The van der Waals surface area contributed by atoms with E-state index in [1.807, 2.05) is 0 Å². The molecule has 0 radical (unpaired) electrons. The summed E-state index contributed by atoms with van der Waals surface area (Å²) in [6, 6.07) is 4.57. The van der Waals surface area contributed by atoms with Gasteiger partial charge in [-0.25, -0.2) is 8.42 Å². The molecule has 1 aliphatic rings. The fourth-order valence-electron chi connectivity index (χ4n) is 1.77. The third-order valence-electron chi connectivity index (χ3n) is 2.84. The van der Waals surface area contributed by atoms with Crippen LogP contribution in [-0.2, 0) is 9.84 Å². The number of nitro benzene ring substituents is 1. The van der Waals surface area contributed by atoms with Gasteiger partial charge in [-0.1, -0.05) is 29.3 Å². The lowest BCUT2D eigenvalue weighted by atomic mass is 10.2. The third-order valence-corrected chi connectivity index (χ3v) is 6.03. The van der Waals surface area contributed by atoms with Crippen LogP contribution >= 0.6 is 23.2 Å². The summed E-state index contributed by atoms with van der Waals surface area (Å²) in [7, 11) is -3.91. The Bertz CT molecular complexity index is 709. The van der Waals surface area contributed by atoms with Gasteiger partial charge >= 0.3 is 0 Å². The Kier molecular flexibility index (Phi) is 3.90. The van der Waals surface area contributed by atoms with Crippen molar-refractivity contribution in [2.75, 3.05) is 0 Å². The fourth-order valence-corrected chi connectivity index (χ4v) is 4.18. The first kappa shape index (κ1) is 15.0. The van der Waals surface area contributed by atoms with Gasteiger partial charge in [0.15, 0.2) is 4.21 Å². The molecule has 0 aliphatic heterocycles. The maximum absolute atomic E-state index is 12.5. The number of benzene rings is 1. The molecule has 0 bridgehead atoms. The van der Waals surface area contributed by atoms with E-state index in [0.29, 0.717) is 5.03 Å². The van der Waals surface area contributed by atoms with Gasteiger partial charge in [0.2, 0.25) is 9.84 Å². The number of sulfone groups is 1. The van der Waals surface area contributed by atoms with E-state index in [1.165, 1.54) is 12.2 Å². The second-order valence-corrected chi connectivity index (χ2v) is 7.78. The van der Waals surface area contributed by atoms with E-state index >= 15 is 0 Å². The van der Waals surface area contributed by atoms with Crippen molar-refractivity contribution in [1.82, 2.24) is 0 Å². The van der Waals surface area contributed by atoms with Crippen LogP contribution < -0.4 is 0 Å². The third kappa shape index (κ3) is 2.59. The molecule has 0 spiro atoms. The molecule has 0 amide bonds. The van der Waals surface area contributed by atoms with Crippen LogP contribution in [-0.4, -0.2) is 17.5 Å². The monoisotopic (exact) mass is 333 g/mol. The van der Waals surface area contributed by atoms with Crippen LogP contribution in [0.25, 0.3) is 0 Å². The molecular weight excluding hydrogens is 325 g/mol. The van der Waals surface area contributed by atoms with Gasteiger partial charge < -0.3 is 0 Å². The number of hydrogen-bond donors (Lipinski definition) is 0. The van der Waals surface area contributed by atoms with E-state index in [1.54, 1.807) is 6.08 Å². The molecule has 20 heavy (non-hydrogen) atoms. The molecule has 1 aromatic carbocycles. The summed E-state index contributed by atoms with van der Waals surface area (Å²) in [6.45, 7) is 0. The zero-order valence-corrected chi connectivity index (χ0v) is 12.3. The van der Waals surface area contributed by atoms with Gasteiger partial charge in [-0.3, -0.25) is 10.1 Å². The lowest BCUT2D eigenvalue weighted by Crippen LogP contribution is -2.31. The van der Waals surface area contributed by atoms with Crippen molar-refractivity contribution in [1.29, 1.82) is 0 Å². The molecule has 0 fully saturated rings. The molecular formula is C12H9Cl2NO4S. The zero-order chi connectivity index (χ0) is 15.0. The number of non-ortho nitro benzene ring substituents is 1. The van der Waals surface area contributed by atoms with Crippen molar-refractivity contribution < 1.29 is 13.3 Å². The minimum Gasteiger partial charge on any atom is -0.258 e. The van der Waals surface area contributed by atoms with Gasteiger partial charge in [0.1, 0.15) is 0 Å². The fraction of sp³-hybridized carbons (Fsp3) is 0.167. The molecule has 0 N–H and O–H groups in total. The largest absolute Gasteiger partial charge is 0.269 e. The van der Waals surface area contributed by atoms with E-state index in [9.17, 15) is 18.5 Å². The zero-order valence-electron chi connectivity index (χ0n) is 9.99. The average molecular weight is 334 g/mol. The summed E-state index contributed by atoms with van der Waals surface area (Å²) in [5.74, 6) is 0. The van der Waals surface area contributed by atoms with E-state index in [-0.39, 0.29) is 17.0 Å². The van der Waals surface area contributed by atoms with Crippen molar-refractivity contribution in [3.63, 3.8) is 0 Å². The highest BCUT2D eigenvalue weighted by molar-refractivity contribution is 7.94. The number of allylic oxidation sites excluding steroid dienone is 3. The molecule has 0 saturated heterocycles. The topological polar surface area (TPSA) is 77.3 Å². The van der Waals surface area contributed by atoms with Gasteiger partial charge in [-0.2, -0.15) is 0 Å². The summed E-state index contributed by atoms with van der Waals surface area (Å²) < 4.78 is 23.3. The Balaban J connectivity index is 2.43. The summed E-state index contributed by atoms with van der Waals surface area (Å²) in [6.07, 6.45) is 4.33. The van der Waals surface area contributed by atoms with Crippen molar-refractivity contribution in [3.8, 4) is 0 Å². The highest BCUT2D eigenvalue weighted by Crippen LogP contribution is 2.40. The lowest BCUT2D eigenvalue weighted by molar-refractivity contribution is -0.384. The second-order valence-electron chi connectivity index (χ2n) is 4.19. The van der Waals surface area contributed by atoms with Crippen molar-refractivity contribution in [2.24, 2.45) is 0 Å². The minimum atomic E-state index is -3.91. The Hall–Kier alpha value is -1.37. The molecule has 0 saturated carbocycles. The maximum atomic E-state index is 12.5. The average Bonchev–Trinajstić information content (AvgIpc) is 2.38. The molecule has 106 valence electrons. The molecule has 1 aromatic rings. The van der Waals surface area contributed by atoms with Crippen molar-refractivity contribution in [3.05, 3.63) is 57.6 Å². The smallest absolute Gasteiger partial charge is 0.258 e. The van der Waals surface area contributed by atoms with Crippen molar-refractivity contribution >= 4 is 38.7 Å². The van der Waals surface area contributed by atoms with Crippen molar-refractivity contribution in [2.45, 2.75) is 15.5 Å². The number of halogens is 2. The van der Waals surface area contributed by atoms with Crippen LogP contribution in [0.4, 0.5) is 5.69 Å². The maximum Gasteiger partial charge on any atom is 0.269 e. The van der Waals surface area contributed by atoms with Gasteiger partial charge in [0, 0.05) is 23.6 Å². The quantitative estimate of drug-likeness (QED) is 0.482. The number of rotatable bonds is 3. The van der Waals surface area contributed by atoms with Crippen LogP contribution in [0, 0.1) is 10.1 Å². The highest BCUT2D eigenvalue weighted by atomic mass is 35.5. The molecule has 1 unspecified atom stereocenters. The number of hydrogen-bond acceptors (Lipinski definition) is 4. The predicted octanol–water partition coefficient (Wildman–Crippen LogP) is 3.39. The first-order valence-corrected chi connectivity index (χ1v) is 7.72. The number of nitro groups is 1. The normalized spacial score (nSPS) is 22.4. The summed E-state index contributed by atoms with van der Waals surface area (Å²) >= 11 is 12.0. The minimum absolute atomic E-state index is 0.0497. The van der Waals surface area contributed by atoms with E-state index < -0.39 is 19.0 Å². The second kappa shape index (κ2) is 5.20. The Morgan fingerprint density at radius 2 is 1.85 bits per heavy atom. The summed E-state index contributed by atoms with van der Waals surface area (Å²) in [5.41, 5.74) is -0.190. The van der Waals surface area contributed by atoms with Gasteiger partial charge in [-0.15, -0.1) is 0 Å². The van der Waals surface area contributed by atoms with Gasteiger partial charge in [0.25, 0.3) is 5.69 Å². The molecule has 1 atom stereocenters. The van der Waals surface area contributed by atoms with Gasteiger partial charge in [-0.05, 0) is 24.3 Å². The first-order chi connectivity index (χ1) is 9.26. The number of alkyl halides is 1. The molecule has 2 rings (SSSR count). The molecule has 5 nitrogen and oxygen atoms in total. The predicted molar refractivity (Wildman–Crippen MR) is 76.6 cm³/mol. The molecule has 0 heterocycles. The van der Waals surface area contributed by atoms with Gasteiger partial charge in [0.05, 0.1) is 9.82 Å². The van der Waals surface area contributed by atoms with Crippen LogP contribution in [0.2, 0.25) is 0 Å². The Labute approximate surface area is 125 Å². The number of nitrogens with zero attached hydrogens (tertiary/aromatic N) is 1. The Morgan fingerprint density at radius 3 is 2.35 bits per heavy atom. The molecule has 1 aliphatic carbocycles. The van der Waals surface area contributed by atoms with Crippen LogP contribution in [0.1, 0.15) is 6.42 Å². The molecule has 0 aromatic heterocycles. The van der Waals surface area contributed by atoms with E-state index in [2.05, 4.69) is 0 Å². The standard InChI is InChI=1S/C12H9Cl2NO4S/c13-9-2-1-7-12(14,8-9)20(18,19)11-5-3-10(4-6-11)15(16)17/h1-7H,8H2. The SMILES string of the molecule is O=[N+]([O-])c1ccc(S(=O)(=O)C2(Cl)C=CC=C(Cl)C2)cc1. The van der Waals surface area contributed by atoms with Crippen LogP contribution in [0.15, 0.2) is 52.4 Å². The summed E-state index contributed by atoms with van der Waals surface area (Å²) in [4.78, 5) is 9.87. The Morgan fingerprint density at radius 1 is 1.25 bits per heavy atom. The van der Waals surface area contributed by atoms with Crippen LogP contribution in [0.5, 0.6) is 0 Å².